The van der Waals surface area contributed by atoms with Gasteiger partial charge in [0.15, 0.2) is 0 Å². The van der Waals surface area contributed by atoms with Gasteiger partial charge in [0.1, 0.15) is 0 Å². The van der Waals surface area contributed by atoms with E-state index in [1.807, 2.05) is 6.07 Å². The molecule has 1 aromatic heterocycles. The van der Waals surface area contributed by atoms with Crippen molar-refractivity contribution in [3.05, 3.63) is 29.6 Å². The molecule has 0 unspecified atom stereocenters. The molecule has 0 aliphatic heterocycles. The monoisotopic (exact) mass is 234 g/mol. The average molecular weight is 234 g/mol. The second-order valence-electron chi connectivity index (χ2n) is 4.60. The standard InChI is InChI=1S/C13H18N2O2/c1-17-12(16)10-3-4-11(15-9-10)13(7-8-14)5-2-6-13/h3-4,9H,2,5-8,14H2,1H3. The molecular weight excluding hydrogens is 216 g/mol. The van der Waals surface area contributed by atoms with Gasteiger partial charge in [-0.2, -0.15) is 0 Å². The molecule has 1 aliphatic carbocycles. The van der Waals surface area contributed by atoms with E-state index < -0.39 is 0 Å². The maximum absolute atomic E-state index is 11.3. The van der Waals surface area contributed by atoms with E-state index in [4.69, 9.17) is 5.73 Å². The smallest absolute Gasteiger partial charge is 0.339 e. The van der Waals surface area contributed by atoms with Crippen LogP contribution in [0.25, 0.3) is 0 Å². The Morgan fingerprint density at radius 1 is 1.53 bits per heavy atom. The number of pyridine rings is 1. The molecule has 1 heterocycles. The molecule has 0 atom stereocenters. The van der Waals surface area contributed by atoms with Crippen LogP contribution < -0.4 is 5.73 Å². The molecule has 4 nitrogen and oxygen atoms in total. The zero-order chi connectivity index (χ0) is 12.3. The van der Waals surface area contributed by atoms with E-state index in [1.54, 1.807) is 12.3 Å². The van der Waals surface area contributed by atoms with Crippen LogP contribution >= 0.6 is 0 Å². The van der Waals surface area contributed by atoms with Gasteiger partial charge in [0.25, 0.3) is 0 Å². The highest BCUT2D eigenvalue weighted by Crippen LogP contribution is 2.45. The Labute approximate surface area is 101 Å². The van der Waals surface area contributed by atoms with Crippen molar-refractivity contribution in [1.29, 1.82) is 0 Å². The molecule has 0 bridgehead atoms. The van der Waals surface area contributed by atoms with Gasteiger partial charge in [-0.25, -0.2) is 4.79 Å². The first-order valence-corrected chi connectivity index (χ1v) is 5.97. The van der Waals surface area contributed by atoms with Crippen molar-refractivity contribution in [1.82, 2.24) is 4.98 Å². The fourth-order valence-electron chi connectivity index (χ4n) is 2.46. The summed E-state index contributed by atoms with van der Waals surface area (Å²) in [5.41, 5.74) is 7.37. The van der Waals surface area contributed by atoms with E-state index in [-0.39, 0.29) is 11.4 Å². The van der Waals surface area contributed by atoms with Crippen molar-refractivity contribution in [2.75, 3.05) is 13.7 Å². The summed E-state index contributed by atoms with van der Waals surface area (Å²) in [7, 11) is 1.37. The third-order valence-electron chi connectivity index (χ3n) is 3.66. The van der Waals surface area contributed by atoms with Crippen LogP contribution in [0.15, 0.2) is 18.3 Å². The Bertz CT molecular complexity index is 396. The fourth-order valence-corrected chi connectivity index (χ4v) is 2.46. The third-order valence-corrected chi connectivity index (χ3v) is 3.66. The predicted molar refractivity (Wildman–Crippen MR) is 64.8 cm³/mol. The van der Waals surface area contributed by atoms with Crippen molar-refractivity contribution in [2.24, 2.45) is 5.73 Å². The molecule has 0 aromatic carbocycles. The Morgan fingerprint density at radius 3 is 2.71 bits per heavy atom. The first-order valence-electron chi connectivity index (χ1n) is 5.97. The van der Waals surface area contributed by atoms with Crippen LogP contribution in [0, 0.1) is 0 Å². The number of hydrogen-bond donors (Lipinski definition) is 1. The summed E-state index contributed by atoms with van der Waals surface area (Å²) in [5.74, 6) is -0.342. The van der Waals surface area contributed by atoms with E-state index in [2.05, 4.69) is 9.72 Å². The van der Waals surface area contributed by atoms with Gasteiger partial charge in [0, 0.05) is 17.3 Å². The molecule has 4 heteroatoms. The normalized spacial score (nSPS) is 17.3. The molecule has 1 saturated carbocycles. The van der Waals surface area contributed by atoms with E-state index in [1.165, 1.54) is 13.5 Å². The highest BCUT2D eigenvalue weighted by Gasteiger charge is 2.38. The summed E-state index contributed by atoms with van der Waals surface area (Å²) in [5, 5.41) is 0. The van der Waals surface area contributed by atoms with Crippen molar-refractivity contribution in [3.63, 3.8) is 0 Å². The molecule has 92 valence electrons. The minimum Gasteiger partial charge on any atom is -0.465 e. The van der Waals surface area contributed by atoms with Crippen LogP contribution in [0.1, 0.15) is 41.7 Å². The lowest BCUT2D eigenvalue weighted by atomic mass is 9.64. The topological polar surface area (TPSA) is 65.2 Å². The molecule has 2 rings (SSSR count). The maximum atomic E-state index is 11.3. The number of carbonyl (C=O) groups is 1. The van der Waals surface area contributed by atoms with Crippen LogP contribution in [-0.2, 0) is 10.2 Å². The van der Waals surface area contributed by atoms with Gasteiger partial charge in [-0.1, -0.05) is 6.42 Å². The van der Waals surface area contributed by atoms with Crippen LogP contribution in [0.4, 0.5) is 0 Å². The van der Waals surface area contributed by atoms with E-state index in [0.29, 0.717) is 12.1 Å². The lowest BCUT2D eigenvalue weighted by Crippen LogP contribution is -2.37. The lowest BCUT2D eigenvalue weighted by Gasteiger charge is -2.41. The Hall–Kier alpha value is -1.42. The molecule has 0 radical (unpaired) electrons. The van der Waals surface area contributed by atoms with Crippen molar-refractivity contribution < 1.29 is 9.53 Å². The van der Waals surface area contributed by atoms with Crippen LogP contribution in [0.5, 0.6) is 0 Å². The van der Waals surface area contributed by atoms with Crippen LogP contribution in [-0.4, -0.2) is 24.6 Å². The Balaban J connectivity index is 2.19. The molecule has 0 saturated heterocycles. The predicted octanol–water partition coefficient (Wildman–Crippen LogP) is 1.64. The van der Waals surface area contributed by atoms with Gasteiger partial charge in [-0.05, 0) is 37.9 Å². The highest BCUT2D eigenvalue weighted by atomic mass is 16.5. The Kier molecular flexibility index (Phi) is 3.43. The molecule has 0 spiro atoms. The van der Waals surface area contributed by atoms with E-state index in [9.17, 15) is 4.79 Å². The number of esters is 1. The van der Waals surface area contributed by atoms with Crippen molar-refractivity contribution >= 4 is 5.97 Å². The van der Waals surface area contributed by atoms with Gasteiger partial charge >= 0.3 is 5.97 Å². The average Bonchev–Trinajstić information content (AvgIpc) is 2.33. The number of nitrogens with zero attached hydrogens (tertiary/aromatic N) is 1. The van der Waals surface area contributed by atoms with Gasteiger partial charge in [0.2, 0.25) is 0 Å². The van der Waals surface area contributed by atoms with Crippen LogP contribution in [0.2, 0.25) is 0 Å². The maximum Gasteiger partial charge on any atom is 0.339 e. The number of rotatable bonds is 4. The number of ether oxygens (including phenoxy) is 1. The SMILES string of the molecule is COC(=O)c1ccc(C2(CCN)CCC2)nc1. The van der Waals surface area contributed by atoms with Gasteiger partial charge in [0.05, 0.1) is 12.7 Å². The minimum absolute atomic E-state index is 0.156. The van der Waals surface area contributed by atoms with Gasteiger partial charge < -0.3 is 10.5 Å². The highest BCUT2D eigenvalue weighted by molar-refractivity contribution is 5.88. The molecule has 2 N–H and O–H groups in total. The van der Waals surface area contributed by atoms with Crippen molar-refractivity contribution in [2.45, 2.75) is 31.1 Å². The zero-order valence-corrected chi connectivity index (χ0v) is 10.1. The van der Waals surface area contributed by atoms with Crippen LogP contribution in [0.3, 0.4) is 0 Å². The molecule has 0 amide bonds. The summed E-state index contributed by atoms with van der Waals surface area (Å²) >= 11 is 0. The minimum atomic E-state index is -0.342. The fraction of sp³-hybridized carbons (Fsp3) is 0.538. The molecule has 1 aliphatic rings. The summed E-state index contributed by atoms with van der Waals surface area (Å²) in [6.45, 7) is 0.681. The second kappa shape index (κ2) is 4.84. The van der Waals surface area contributed by atoms with Gasteiger partial charge in [-0.15, -0.1) is 0 Å². The quantitative estimate of drug-likeness (QED) is 0.804. The first-order chi connectivity index (χ1) is 8.22. The number of carbonyl (C=O) groups excluding carboxylic acids is 1. The summed E-state index contributed by atoms with van der Waals surface area (Å²) in [6.07, 6.45) is 6.10. The van der Waals surface area contributed by atoms with Crippen molar-refractivity contribution in [3.8, 4) is 0 Å². The third kappa shape index (κ3) is 2.17. The first kappa shape index (κ1) is 12.0. The lowest BCUT2D eigenvalue weighted by molar-refractivity contribution is 0.0600. The summed E-state index contributed by atoms with van der Waals surface area (Å²) in [6, 6.07) is 3.71. The molecule has 1 aromatic rings. The number of nitrogens with two attached hydrogens (primary N) is 1. The van der Waals surface area contributed by atoms with E-state index in [0.717, 1.165) is 25.0 Å². The molecule has 1 fully saturated rings. The van der Waals surface area contributed by atoms with Gasteiger partial charge in [-0.3, -0.25) is 4.98 Å². The molecule has 17 heavy (non-hydrogen) atoms. The number of hydrogen-bond acceptors (Lipinski definition) is 4. The Morgan fingerprint density at radius 2 is 2.29 bits per heavy atom. The number of methoxy groups -OCH3 is 1. The zero-order valence-electron chi connectivity index (χ0n) is 10.1. The largest absolute Gasteiger partial charge is 0.465 e. The van der Waals surface area contributed by atoms with E-state index >= 15 is 0 Å². The molecular formula is C13H18N2O2. The summed E-state index contributed by atoms with van der Waals surface area (Å²) in [4.78, 5) is 15.7. The second-order valence-corrected chi connectivity index (χ2v) is 4.60. The summed E-state index contributed by atoms with van der Waals surface area (Å²) < 4.78 is 4.65. The number of aromatic nitrogens is 1.